The van der Waals surface area contributed by atoms with E-state index in [-0.39, 0.29) is 23.9 Å². The number of rotatable bonds is 4. The maximum absolute atomic E-state index is 13.7. The Hall–Kier alpha value is -2.11. The summed E-state index contributed by atoms with van der Waals surface area (Å²) < 4.78 is 13.7. The van der Waals surface area contributed by atoms with Crippen LogP contribution in [0.2, 0.25) is 0 Å². The van der Waals surface area contributed by atoms with Crippen LogP contribution in [-0.2, 0) is 0 Å². The summed E-state index contributed by atoms with van der Waals surface area (Å²) in [5.41, 5.74) is 5.71. The molecule has 0 saturated carbocycles. The molecule has 6 heteroatoms. The van der Waals surface area contributed by atoms with Gasteiger partial charge in [0.25, 0.3) is 5.91 Å². The van der Waals surface area contributed by atoms with E-state index >= 15 is 0 Å². The Labute approximate surface area is 104 Å². The fourth-order valence-corrected chi connectivity index (χ4v) is 1.53. The minimum Gasteiger partial charge on any atom is -0.409 e. The molecular weight excluding hydrogens is 237 g/mol. The third-order valence-corrected chi connectivity index (χ3v) is 2.46. The smallest absolute Gasteiger partial charge is 0.254 e. The second-order valence-corrected chi connectivity index (χ2v) is 4.11. The lowest BCUT2D eigenvalue weighted by Gasteiger charge is -2.13. The molecule has 1 rings (SSSR count). The van der Waals surface area contributed by atoms with Crippen molar-refractivity contribution in [2.75, 3.05) is 0 Å². The lowest BCUT2D eigenvalue weighted by atomic mass is 10.1. The Morgan fingerprint density at radius 1 is 1.61 bits per heavy atom. The first-order valence-electron chi connectivity index (χ1n) is 5.48. The number of carbonyl (C=O) groups is 1. The van der Waals surface area contributed by atoms with Gasteiger partial charge in [-0.05, 0) is 25.5 Å². The summed E-state index contributed by atoms with van der Waals surface area (Å²) >= 11 is 0. The fraction of sp³-hybridized carbons (Fsp3) is 0.333. The van der Waals surface area contributed by atoms with E-state index in [0.717, 1.165) is 0 Å². The molecule has 0 heterocycles. The van der Waals surface area contributed by atoms with Gasteiger partial charge in [-0.2, -0.15) is 0 Å². The zero-order valence-corrected chi connectivity index (χ0v) is 10.3. The Morgan fingerprint density at radius 2 is 2.28 bits per heavy atom. The van der Waals surface area contributed by atoms with Crippen molar-refractivity contribution in [2.24, 2.45) is 10.9 Å². The number of oxime groups is 1. The summed E-state index contributed by atoms with van der Waals surface area (Å²) in [6.07, 6.45) is 0.190. The Morgan fingerprint density at radius 3 is 2.89 bits per heavy atom. The molecule has 0 fully saturated rings. The van der Waals surface area contributed by atoms with E-state index in [1.165, 1.54) is 6.07 Å². The van der Waals surface area contributed by atoms with E-state index in [2.05, 4.69) is 10.5 Å². The maximum atomic E-state index is 13.7. The van der Waals surface area contributed by atoms with Crippen molar-refractivity contribution >= 4 is 11.7 Å². The predicted molar refractivity (Wildman–Crippen MR) is 66.1 cm³/mol. The van der Waals surface area contributed by atoms with Crippen LogP contribution in [0, 0.1) is 12.7 Å². The summed E-state index contributed by atoms with van der Waals surface area (Å²) in [5, 5.41) is 13.8. The van der Waals surface area contributed by atoms with Crippen LogP contribution in [0.5, 0.6) is 0 Å². The number of carbonyl (C=O) groups excluding carboxylic acids is 1. The highest BCUT2D eigenvalue weighted by atomic mass is 19.1. The SMILES string of the molecule is Cc1cccc(C(=O)NC(C)C/C(N)=N/O)c1F. The van der Waals surface area contributed by atoms with Gasteiger partial charge < -0.3 is 16.3 Å². The van der Waals surface area contributed by atoms with Gasteiger partial charge in [0.2, 0.25) is 0 Å². The minimum absolute atomic E-state index is 0.00696. The Kier molecular flexibility index (Phi) is 4.65. The van der Waals surface area contributed by atoms with Crippen LogP contribution in [0.1, 0.15) is 29.3 Å². The molecule has 1 atom stereocenters. The molecule has 0 aliphatic carbocycles. The predicted octanol–water partition coefficient (Wildman–Crippen LogP) is 1.39. The summed E-state index contributed by atoms with van der Waals surface area (Å²) in [6, 6.07) is 4.26. The molecule has 0 aliphatic heterocycles. The van der Waals surface area contributed by atoms with E-state index in [0.29, 0.717) is 5.56 Å². The number of benzene rings is 1. The van der Waals surface area contributed by atoms with Crippen LogP contribution in [0.3, 0.4) is 0 Å². The second-order valence-electron chi connectivity index (χ2n) is 4.11. The van der Waals surface area contributed by atoms with Crippen LogP contribution in [-0.4, -0.2) is 23.0 Å². The molecule has 1 unspecified atom stereocenters. The minimum atomic E-state index is -0.536. The van der Waals surface area contributed by atoms with Crippen LogP contribution < -0.4 is 11.1 Å². The fourth-order valence-electron chi connectivity index (χ4n) is 1.53. The normalized spacial score (nSPS) is 13.2. The molecule has 0 radical (unpaired) electrons. The van der Waals surface area contributed by atoms with E-state index in [9.17, 15) is 9.18 Å². The average molecular weight is 253 g/mol. The molecule has 4 N–H and O–H groups in total. The van der Waals surface area contributed by atoms with Gasteiger partial charge in [-0.15, -0.1) is 0 Å². The first-order chi connectivity index (χ1) is 8.45. The maximum Gasteiger partial charge on any atom is 0.254 e. The zero-order valence-electron chi connectivity index (χ0n) is 10.3. The lowest BCUT2D eigenvalue weighted by Crippen LogP contribution is -2.36. The van der Waals surface area contributed by atoms with Gasteiger partial charge in [-0.3, -0.25) is 4.79 Å². The Bertz CT molecular complexity index is 474. The Balaban J connectivity index is 2.74. The number of nitrogens with two attached hydrogens (primary N) is 1. The van der Waals surface area contributed by atoms with Gasteiger partial charge in [0.05, 0.1) is 5.56 Å². The highest BCUT2D eigenvalue weighted by Crippen LogP contribution is 2.12. The number of nitrogens with one attached hydrogen (secondary N) is 1. The monoisotopic (exact) mass is 253 g/mol. The van der Waals surface area contributed by atoms with Crippen LogP contribution in [0.4, 0.5) is 4.39 Å². The van der Waals surface area contributed by atoms with Gasteiger partial charge in [-0.25, -0.2) is 4.39 Å². The molecule has 0 saturated heterocycles. The molecule has 98 valence electrons. The quantitative estimate of drug-likeness (QED) is 0.328. The average Bonchev–Trinajstić information content (AvgIpc) is 2.32. The van der Waals surface area contributed by atoms with Crippen LogP contribution in [0.25, 0.3) is 0 Å². The summed E-state index contributed by atoms with van der Waals surface area (Å²) in [7, 11) is 0. The van der Waals surface area contributed by atoms with E-state index in [1.807, 2.05) is 0 Å². The third-order valence-electron chi connectivity index (χ3n) is 2.46. The third kappa shape index (κ3) is 3.44. The van der Waals surface area contributed by atoms with Gasteiger partial charge in [0.15, 0.2) is 0 Å². The van der Waals surface area contributed by atoms with E-state index in [4.69, 9.17) is 10.9 Å². The molecular formula is C12H16FN3O2. The van der Waals surface area contributed by atoms with Gasteiger partial charge >= 0.3 is 0 Å². The van der Waals surface area contributed by atoms with Crippen LogP contribution >= 0.6 is 0 Å². The standard InChI is InChI=1S/C12H16FN3O2/c1-7-4-3-5-9(11(7)13)12(17)15-8(2)6-10(14)16-18/h3-5,8,18H,6H2,1-2H3,(H2,14,16)(H,15,17). The largest absolute Gasteiger partial charge is 0.409 e. The van der Waals surface area contributed by atoms with Gasteiger partial charge in [0, 0.05) is 12.5 Å². The molecule has 1 amide bonds. The summed E-state index contributed by atoms with van der Waals surface area (Å²) in [4.78, 5) is 11.8. The molecule has 0 bridgehead atoms. The molecule has 5 nitrogen and oxygen atoms in total. The topological polar surface area (TPSA) is 87.7 Å². The molecule has 0 aliphatic rings. The van der Waals surface area contributed by atoms with Crippen molar-refractivity contribution in [1.29, 1.82) is 0 Å². The van der Waals surface area contributed by atoms with Crippen molar-refractivity contribution in [3.8, 4) is 0 Å². The first kappa shape index (κ1) is 14.0. The molecule has 1 aromatic rings. The zero-order chi connectivity index (χ0) is 13.7. The highest BCUT2D eigenvalue weighted by Gasteiger charge is 2.15. The number of hydrogen-bond donors (Lipinski definition) is 3. The number of amidine groups is 1. The first-order valence-corrected chi connectivity index (χ1v) is 5.48. The van der Waals surface area contributed by atoms with Crippen molar-refractivity contribution in [3.05, 3.63) is 35.1 Å². The molecule has 0 aromatic heterocycles. The van der Waals surface area contributed by atoms with Crippen LogP contribution in [0.15, 0.2) is 23.4 Å². The van der Waals surface area contributed by atoms with Crippen molar-refractivity contribution in [1.82, 2.24) is 5.32 Å². The summed E-state index contributed by atoms with van der Waals surface area (Å²) in [6.45, 7) is 3.27. The summed E-state index contributed by atoms with van der Waals surface area (Å²) in [5.74, 6) is -1.05. The van der Waals surface area contributed by atoms with Crippen molar-refractivity contribution in [3.63, 3.8) is 0 Å². The van der Waals surface area contributed by atoms with E-state index in [1.54, 1.807) is 26.0 Å². The van der Waals surface area contributed by atoms with E-state index < -0.39 is 11.7 Å². The number of nitrogens with zero attached hydrogens (tertiary/aromatic N) is 1. The van der Waals surface area contributed by atoms with Gasteiger partial charge in [0.1, 0.15) is 11.7 Å². The molecule has 0 spiro atoms. The van der Waals surface area contributed by atoms with Gasteiger partial charge in [-0.1, -0.05) is 17.3 Å². The molecule has 18 heavy (non-hydrogen) atoms. The van der Waals surface area contributed by atoms with Crippen molar-refractivity contribution in [2.45, 2.75) is 26.3 Å². The molecule has 1 aromatic carbocycles. The number of amides is 1. The van der Waals surface area contributed by atoms with Crippen molar-refractivity contribution < 1.29 is 14.4 Å². The highest BCUT2D eigenvalue weighted by molar-refractivity contribution is 5.95. The second kappa shape index (κ2) is 6.00. The number of hydrogen-bond acceptors (Lipinski definition) is 3. The number of aryl methyl sites for hydroxylation is 1. The lowest BCUT2D eigenvalue weighted by molar-refractivity contribution is 0.0937. The number of halogens is 1.